The summed E-state index contributed by atoms with van der Waals surface area (Å²) >= 11 is 0. The molecule has 8 heteroatoms. The largest absolute Gasteiger partial charge is 0.460 e. The number of anilines is 3. The summed E-state index contributed by atoms with van der Waals surface area (Å²) in [5.74, 6) is 1.24. The van der Waals surface area contributed by atoms with Crippen molar-refractivity contribution in [2.75, 3.05) is 30.0 Å². The number of carbonyl (C=O) groups excluding carboxylic acids is 1. The maximum atomic E-state index is 11.5. The molecule has 2 saturated heterocycles. The minimum absolute atomic E-state index is 0.132. The van der Waals surface area contributed by atoms with Gasteiger partial charge in [0.2, 0.25) is 5.91 Å². The molecule has 8 nitrogen and oxygen atoms in total. The van der Waals surface area contributed by atoms with Crippen LogP contribution in [-0.4, -0.2) is 46.2 Å². The number of fused-ring (bicyclic) bond motifs is 3. The van der Waals surface area contributed by atoms with Crippen LogP contribution in [0.15, 0.2) is 18.3 Å². The molecule has 1 N–H and O–H groups in total. The molecule has 4 fully saturated rings. The molecule has 2 saturated carbocycles. The van der Waals surface area contributed by atoms with Crippen molar-refractivity contribution in [2.45, 2.75) is 57.5 Å². The minimum Gasteiger partial charge on any atom is -0.460 e. The summed E-state index contributed by atoms with van der Waals surface area (Å²) in [6.45, 7) is 7.87. The average Bonchev–Trinajstić information content (AvgIpc) is 3.15. The van der Waals surface area contributed by atoms with E-state index in [1.807, 2.05) is 25.3 Å². The highest BCUT2D eigenvalue weighted by Crippen LogP contribution is 2.58. The van der Waals surface area contributed by atoms with E-state index >= 15 is 0 Å². The van der Waals surface area contributed by atoms with Crippen molar-refractivity contribution in [3.8, 4) is 6.01 Å². The van der Waals surface area contributed by atoms with Crippen molar-refractivity contribution < 1.29 is 14.3 Å². The molecule has 0 atom stereocenters. The average molecular weight is 422 g/mol. The van der Waals surface area contributed by atoms with Gasteiger partial charge in [-0.3, -0.25) is 4.79 Å². The minimum atomic E-state index is -0.167. The van der Waals surface area contributed by atoms with E-state index in [9.17, 15) is 4.79 Å². The number of hydrogen-bond acceptors (Lipinski definition) is 7. The van der Waals surface area contributed by atoms with Crippen molar-refractivity contribution in [3.05, 3.63) is 29.6 Å². The predicted octanol–water partition coefficient (Wildman–Crippen LogP) is 3.27. The Morgan fingerprint density at radius 3 is 2.77 bits per heavy atom. The van der Waals surface area contributed by atoms with Crippen LogP contribution >= 0.6 is 0 Å². The van der Waals surface area contributed by atoms with Gasteiger partial charge in [-0.15, -0.1) is 0 Å². The fourth-order valence-corrected chi connectivity index (χ4v) is 5.68. The number of aryl methyl sites for hydroxylation is 1. The second-order valence-electron chi connectivity index (χ2n) is 10.2. The van der Waals surface area contributed by atoms with Crippen LogP contribution in [0, 0.1) is 12.3 Å². The summed E-state index contributed by atoms with van der Waals surface area (Å²) in [5.41, 5.74) is 3.43. The molecule has 5 aliphatic rings. The van der Waals surface area contributed by atoms with Gasteiger partial charge in [0.05, 0.1) is 12.3 Å². The normalized spacial score (nSPS) is 28.9. The van der Waals surface area contributed by atoms with Crippen LogP contribution in [0.2, 0.25) is 0 Å². The number of aromatic nitrogens is 3. The van der Waals surface area contributed by atoms with Gasteiger partial charge in [0.15, 0.2) is 0 Å². The predicted molar refractivity (Wildman–Crippen MR) is 115 cm³/mol. The number of ether oxygens (including phenoxy) is 2. The van der Waals surface area contributed by atoms with E-state index in [4.69, 9.17) is 14.5 Å². The molecule has 0 unspecified atom stereocenters. The number of carbonyl (C=O) groups is 1. The molecule has 2 aliphatic carbocycles. The van der Waals surface area contributed by atoms with E-state index in [1.165, 1.54) is 12.5 Å². The first-order valence-corrected chi connectivity index (χ1v) is 11.0. The lowest BCUT2D eigenvalue weighted by Gasteiger charge is -2.41. The van der Waals surface area contributed by atoms with E-state index in [0.717, 1.165) is 56.0 Å². The van der Waals surface area contributed by atoms with Gasteiger partial charge in [-0.25, -0.2) is 9.97 Å². The summed E-state index contributed by atoms with van der Waals surface area (Å²) in [7, 11) is 0. The zero-order chi connectivity index (χ0) is 21.4. The summed E-state index contributed by atoms with van der Waals surface area (Å²) in [5, 5.41) is 2.79. The molecule has 0 aromatic carbocycles. The van der Waals surface area contributed by atoms with Crippen molar-refractivity contribution in [3.63, 3.8) is 0 Å². The molecular weight excluding hydrogens is 394 g/mol. The zero-order valence-electron chi connectivity index (χ0n) is 18.2. The van der Waals surface area contributed by atoms with Crippen molar-refractivity contribution >= 4 is 23.2 Å². The fourth-order valence-electron chi connectivity index (χ4n) is 5.68. The summed E-state index contributed by atoms with van der Waals surface area (Å²) < 4.78 is 12.0. The van der Waals surface area contributed by atoms with Crippen LogP contribution in [0.3, 0.4) is 0 Å². The molecule has 5 heterocycles. The van der Waals surface area contributed by atoms with Gasteiger partial charge >= 0.3 is 6.01 Å². The van der Waals surface area contributed by atoms with Gasteiger partial charge < -0.3 is 19.7 Å². The fraction of sp³-hybridized carbons (Fsp3) is 0.565. The molecule has 0 radical (unpaired) electrons. The van der Waals surface area contributed by atoms with Crippen molar-refractivity contribution in [1.29, 1.82) is 0 Å². The van der Waals surface area contributed by atoms with E-state index < -0.39 is 0 Å². The highest BCUT2D eigenvalue weighted by atomic mass is 16.6. The first kappa shape index (κ1) is 19.0. The van der Waals surface area contributed by atoms with Crippen molar-refractivity contribution in [2.24, 2.45) is 5.41 Å². The molecule has 1 amide bonds. The molecule has 3 aliphatic heterocycles. The van der Waals surface area contributed by atoms with Gasteiger partial charge in [-0.05, 0) is 38.0 Å². The van der Waals surface area contributed by atoms with Crippen LogP contribution in [0.1, 0.15) is 50.8 Å². The SMILES string of the molecule is CC(=O)Nc1cc2c(cn1)C1(CC1)CN2c1cc(C)nc(OCC23CC(C)(CO2)C3)n1. The second-order valence-corrected chi connectivity index (χ2v) is 10.2. The molecular formula is C23H27N5O3. The first-order chi connectivity index (χ1) is 14.8. The van der Waals surface area contributed by atoms with E-state index in [1.54, 1.807) is 0 Å². The third-order valence-electron chi connectivity index (χ3n) is 7.15. The van der Waals surface area contributed by atoms with Crippen LogP contribution in [0.4, 0.5) is 17.3 Å². The summed E-state index contributed by atoms with van der Waals surface area (Å²) in [6, 6.07) is 4.33. The molecule has 31 heavy (non-hydrogen) atoms. The number of pyridine rings is 1. The Morgan fingerprint density at radius 1 is 1.29 bits per heavy atom. The molecule has 2 bridgehead atoms. The van der Waals surface area contributed by atoms with Crippen LogP contribution in [0.25, 0.3) is 0 Å². The second kappa shape index (κ2) is 6.16. The summed E-state index contributed by atoms with van der Waals surface area (Å²) in [4.78, 5) is 27.4. The number of hydrogen-bond donors (Lipinski definition) is 1. The van der Waals surface area contributed by atoms with Crippen LogP contribution in [0.5, 0.6) is 6.01 Å². The zero-order valence-corrected chi connectivity index (χ0v) is 18.2. The maximum absolute atomic E-state index is 11.5. The highest BCUT2D eigenvalue weighted by molar-refractivity contribution is 5.89. The third kappa shape index (κ3) is 3.07. The molecule has 1 spiro atoms. The Labute approximate surface area is 181 Å². The van der Waals surface area contributed by atoms with Crippen molar-refractivity contribution in [1.82, 2.24) is 15.0 Å². The van der Waals surface area contributed by atoms with E-state index in [0.29, 0.717) is 23.9 Å². The lowest BCUT2D eigenvalue weighted by Crippen LogP contribution is -2.47. The molecule has 2 aromatic heterocycles. The van der Waals surface area contributed by atoms with Gasteiger partial charge in [0.25, 0.3) is 0 Å². The van der Waals surface area contributed by atoms with Crippen LogP contribution < -0.4 is 15.0 Å². The quantitative estimate of drug-likeness (QED) is 0.792. The van der Waals surface area contributed by atoms with Gasteiger partial charge in [0, 0.05) is 48.5 Å². The smallest absolute Gasteiger partial charge is 0.318 e. The first-order valence-electron chi connectivity index (χ1n) is 11.0. The maximum Gasteiger partial charge on any atom is 0.318 e. The Hall–Kier alpha value is -2.74. The topological polar surface area (TPSA) is 89.5 Å². The van der Waals surface area contributed by atoms with E-state index in [2.05, 4.69) is 27.1 Å². The van der Waals surface area contributed by atoms with Gasteiger partial charge in [0.1, 0.15) is 23.8 Å². The van der Waals surface area contributed by atoms with Gasteiger partial charge in [-0.2, -0.15) is 4.98 Å². The molecule has 162 valence electrons. The van der Waals surface area contributed by atoms with E-state index in [-0.39, 0.29) is 16.9 Å². The lowest BCUT2D eigenvalue weighted by molar-refractivity contribution is -0.114. The van der Waals surface area contributed by atoms with Crippen LogP contribution in [-0.2, 0) is 14.9 Å². The number of rotatable bonds is 5. The Bertz CT molecular complexity index is 1090. The molecule has 2 aromatic rings. The standard InChI is InChI=1S/C23H27N5O3/c1-14-6-19(27-20(25-14)30-13-23-9-21(3,10-23)12-31-23)28-11-22(4-5-22)16-8-24-18(7-17(16)28)26-15(2)29/h6-8H,4-5,9-13H2,1-3H3,(H,24,26,29). The monoisotopic (exact) mass is 421 g/mol. The lowest BCUT2D eigenvalue weighted by atomic mass is 9.64. The summed E-state index contributed by atoms with van der Waals surface area (Å²) in [6.07, 6.45) is 6.27. The third-order valence-corrected chi connectivity index (χ3v) is 7.15. The van der Waals surface area contributed by atoms with Gasteiger partial charge in [-0.1, -0.05) is 6.92 Å². The highest BCUT2D eigenvalue weighted by Gasteiger charge is 2.60. The Kier molecular flexibility index (Phi) is 3.77. The molecule has 7 rings (SSSR count). The number of nitrogens with one attached hydrogen (secondary N) is 1. The Morgan fingerprint density at radius 2 is 2.10 bits per heavy atom. The number of amides is 1. The number of nitrogens with zero attached hydrogens (tertiary/aromatic N) is 4. The Balaban J connectivity index is 1.28.